The van der Waals surface area contributed by atoms with Gasteiger partial charge in [-0.15, -0.1) is 11.6 Å². The van der Waals surface area contributed by atoms with Gasteiger partial charge in [0.15, 0.2) is 0 Å². The van der Waals surface area contributed by atoms with Gasteiger partial charge in [0.2, 0.25) is 5.92 Å². The molecule has 0 nitrogen and oxygen atoms in total. The van der Waals surface area contributed by atoms with Crippen LogP contribution in [-0.4, -0.2) is 11.8 Å². The molecule has 9 heavy (non-hydrogen) atoms. The molecule has 0 fully saturated rings. The molecule has 0 saturated heterocycles. The van der Waals surface area contributed by atoms with E-state index in [1.165, 1.54) is 0 Å². The molecule has 0 saturated carbocycles. The van der Waals surface area contributed by atoms with Crippen molar-refractivity contribution in [3.8, 4) is 0 Å². The largest absolute Gasteiger partial charge is 0.248 e. The van der Waals surface area contributed by atoms with Crippen molar-refractivity contribution in [2.24, 2.45) is 0 Å². The second-order valence-electron chi connectivity index (χ2n) is 2.00. The standard InChI is InChI=1S/C6H10ClF2/c1-6(8,9)4-2-3-5-7/h1-5H2. The summed E-state index contributed by atoms with van der Waals surface area (Å²) in [5.74, 6) is -2.30. The molecule has 0 rings (SSSR count). The minimum absolute atomic E-state index is 0.153. The van der Waals surface area contributed by atoms with Gasteiger partial charge in [0.25, 0.3) is 0 Å². The molecule has 0 aromatic carbocycles. The van der Waals surface area contributed by atoms with E-state index in [4.69, 9.17) is 11.6 Å². The zero-order valence-electron chi connectivity index (χ0n) is 5.17. The van der Waals surface area contributed by atoms with E-state index >= 15 is 0 Å². The van der Waals surface area contributed by atoms with Gasteiger partial charge in [-0.3, -0.25) is 0 Å². The van der Waals surface area contributed by atoms with Gasteiger partial charge in [-0.05, 0) is 12.8 Å². The van der Waals surface area contributed by atoms with Gasteiger partial charge in [0.1, 0.15) is 0 Å². The first-order valence-corrected chi connectivity index (χ1v) is 3.39. The van der Waals surface area contributed by atoms with E-state index in [-0.39, 0.29) is 6.42 Å². The lowest BCUT2D eigenvalue weighted by Gasteiger charge is -2.07. The van der Waals surface area contributed by atoms with Crippen LogP contribution in [0.4, 0.5) is 8.78 Å². The third kappa shape index (κ3) is 8.15. The molecule has 0 heterocycles. The normalized spacial score (nSPS) is 12.0. The fourth-order valence-corrected chi connectivity index (χ4v) is 0.667. The van der Waals surface area contributed by atoms with Crippen molar-refractivity contribution in [2.75, 3.05) is 5.88 Å². The van der Waals surface area contributed by atoms with Gasteiger partial charge in [0, 0.05) is 19.2 Å². The van der Waals surface area contributed by atoms with Crippen LogP contribution < -0.4 is 0 Å². The van der Waals surface area contributed by atoms with Crippen molar-refractivity contribution in [3.63, 3.8) is 0 Å². The highest BCUT2D eigenvalue weighted by atomic mass is 35.5. The molecule has 3 heteroatoms. The quantitative estimate of drug-likeness (QED) is 0.433. The van der Waals surface area contributed by atoms with Crippen LogP contribution in [0.25, 0.3) is 0 Å². The third-order valence-electron chi connectivity index (χ3n) is 0.926. The molecule has 0 aliphatic carbocycles. The van der Waals surface area contributed by atoms with Gasteiger partial charge in [-0.2, -0.15) is 0 Å². The Kier molecular flexibility index (Phi) is 4.11. The fraction of sp³-hybridized carbons (Fsp3) is 0.833. The van der Waals surface area contributed by atoms with Crippen LogP contribution >= 0.6 is 11.6 Å². The van der Waals surface area contributed by atoms with E-state index < -0.39 is 5.92 Å². The summed E-state index contributed by atoms with van der Waals surface area (Å²) in [4.78, 5) is 0. The summed E-state index contributed by atoms with van der Waals surface area (Å²) >= 11 is 5.27. The zero-order chi connectivity index (χ0) is 7.33. The Morgan fingerprint density at radius 3 is 2.22 bits per heavy atom. The van der Waals surface area contributed by atoms with Crippen molar-refractivity contribution >= 4 is 11.6 Å². The van der Waals surface area contributed by atoms with Crippen LogP contribution in [0, 0.1) is 6.92 Å². The van der Waals surface area contributed by atoms with E-state index in [2.05, 4.69) is 6.92 Å². The fourth-order valence-electron chi connectivity index (χ4n) is 0.478. The maximum Gasteiger partial charge on any atom is 0.248 e. The second kappa shape index (κ2) is 4.04. The van der Waals surface area contributed by atoms with Crippen LogP contribution in [0.1, 0.15) is 19.3 Å². The molecule has 0 amide bonds. The van der Waals surface area contributed by atoms with Crippen molar-refractivity contribution in [2.45, 2.75) is 25.2 Å². The van der Waals surface area contributed by atoms with E-state index in [1.807, 2.05) is 0 Å². The van der Waals surface area contributed by atoms with Crippen molar-refractivity contribution in [3.05, 3.63) is 6.92 Å². The Bertz CT molecular complexity index is 67.9. The SMILES string of the molecule is [CH2]C(F)(F)CCCCCl. The molecule has 0 bridgehead atoms. The molecule has 0 atom stereocenters. The molecular weight excluding hydrogens is 146 g/mol. The number of hydrogen-bond acceptors (Lipinski definition) is 0. The van der Waals surface area contributed by atoms with E-state index in [0.717, 1.165) is 0 Å². The number of rotatable bonds is 4. The van der Waals surface area contributed by atoms with Crippen molar-refractivity contribution in [1.29, 1.82) is 0 Å². The molecular formula is C6H10ClF2. The maximum atomic E-state index is 11.9. The average Bonchev–Trinajstić information content (AvgIpc) is 1.63. The molecule has 0 N–H and O–H groups in total. The Morgan fingerprint density at radius 1 is 1.33 bits per heavy atom. The minimum atomic E-state index is -2.76. The first-order valence-electron chi connectivity index (χ1n) is 2.85. The maximum absolute atomic E-state index is 11.9. The number of hydrogen-bond donors (Lipinski definition) is 0. The van der Waals surface area contributed by atoms with Crippen LogP contribution in [0.2, 0.25) is 0 Å². The summed E-state index contributed by atoms with van der Waals surface area (Å²) < 4.78 is 23.8. The minimum Gasteiger partial charge on any atom is -0.207 e. The van der Waals surface area contributed by atoms with Crippen LogP contribution in [0.5, 0.6) is 0 Å². The Hall–Kier alpha value is 0.150. The van der Waals surface area contributed by atoms with Gasteiger partial charge >= 0.3 is 0 Å². The van der Waals surface area contributed by atoms with Crippen LogP contribution in [-0.2, 0) is 0 Å². The summed E-state index contributed by atoms with van der Waals surface area (Å²) in [6, 6.07) is 0. The van der Waals surface area contributed by atoms with Crippen LogP contribution in [0.15, 0.2) is 0 Å². The predicted molar refractivity (Wildman–Crippen MR) is 34.9 cm³/mol. The van der Waals surface area contributed by atoms with Gasteiger partial charge in [0.05, 0.1) is 0 Å². The lowest BCUT2D eigenvalue weighted by atomic mass is 10.2. The van der Waals surface area contributed by atoms with E-state index in [9.17, 15) is 8.78 Å². The predicted octanol–water partition coefficient (Wildman–Crippen LogP) is 2.86. The molecule has 55 valence electrons. The smallest absolute Gasteiger partial charge is 0.207 e. The molecule has 0 aliphatic rings. The van der Waals surface area contributed by atoms with E-state index in [1.54, 1.807) is 0 Å². The number of halogens is 3. The van der Waals surface area contributed by atoms with Gasteiger partial charge in [-0.1, -0.05) is 0 Å². The van der Waals surface area contributed by atoms with Gasteiger partial charge < -0.3 is 0 Å². The summed E-state index contributed by atoms with van der Waals surface area (Å²) in [6.45, 7) is 2.67. The highest BCUT2D eigenvalue weighted by Gasteiger charge is 2.19. The molecule has 1 radical (unpaired) electrons. The second-order valence-corrected chi connectivity index (χ2v) is 2.38. The Labute approximate surface area is 59.2 Å². The third-order valence-corrected chi connectivity index (χ3v) is 1.19. The summed E-state index contributed by atoms with van der Waals surface area (Å²) in [6.07, 6.45) is 0.951. The Balaban J connectivity index is 3.07. The molecule has 0 aromatic rings. The van der Waals surface area contributed by atoms with Gasteiger partial charge in [-0.25, -0.2) is 8.78 Å². The van der Waals surface area contributed by atoms with E-state index in [0.29, 0.717) is 18.7 Å². The molecule has 0 aliphatic heterocycles. The highest BCUT2D eigenvalue weighted by molar-refractivity contribution is 6.17. The topological polar surface area (TPSA) is 0 Å². The lowest BCUT2D eigenvalue weighted by Crippen LogP contribution is -2.09. The molecule has 0 aromatic heterocycles. The number of unbranched alkanes of at least 4 members (excludes halogenated alkanes) is 1. The lowest BCUT2D eigenvalue weighted by molar-refractivity contribution is 0.0401. The number of alkyl halides is 3. The summed E-state index contributed by atoms with van der Waals surface area (Å²) in [5.41, 5.74) is 0. The zero-order valence-corrected chi connectivity index (χ0v) is 5.93. The monoisotopic (exact) mass is 155 g/mol. The first-order chi connectivity index (χ1) is 4.06. The Morgan fingerprint density at radius 2 is 1.89 bits per heavy atom. The summed E-state index contributed by atoms with van der Waals surface area (Å²) in [7, 11) is 0. The van der Waals surface area contributed by atoms with Crippen molar-refractivity contribution < 1.29 is 8.78 Å². The molecule has 0 unspecified atom stereocenters. The molecule has 0 spiro atoms. The average molecular weight is 156 g/mol. The first kappa shape index (κ1) is 9.15. The highest BCUT2D eigenvalue weighted by Crippen LogP contribution is 2.18. The van der Waals surface area contributed by atoms with Crippen LogP contribution in [0.3, 0.4) is 0 Å². The van der Waals surface area contributed by atoms with Crippen molar-refractivity contribution in [1.82, 2.24) is 0 Å². The summed E-state index contributed by atoms with van der Waals surface area (Å²) in [5, 5.41) is 0.